The third-order valence-electron chi connectivity index (χ3n) is 5.98. The van der Waals surface area contributed by atoms with Crippen LogP contribution in [0.15, 0.2) is 72.8 Å². The van der Waals surface area contributed by atoms with Gasteiger partial charge in [0.1, 0.15) is 5.69 Å². The van der Waals surface area contributed by atoms with Crippen LogP contribution in [0.1, 0.15) is 45.7 Å². The first kappa shape index (κ1) is 20.8. The second-order valence-corrected chi connectivity index (χ2v) is 8.73. The molecule has 0 spiro atoms. The second kappa shape index (κ2) is 8.45. The number of rotatable bonds is 5. The van der Waals surface area contributed by atoms with Gasteiger partial charge in [0.15, 0.2) is 0 Å². The number of fused-ring (bicyclic) bond motifs is 1. The Bertz CT molecular complexity index is 1280. The van der Waals surface area contributed by atoms with E-state index in [9.17, 15) is 4.79 Å². The number of nitrogens with one attached hydrogen (secondary N) is 1. The normalized spacial score (nSPS) is 15.3. The van der Waals surface area contributed by atoms with E-state index in [1.165, 1.54) is 5.56 Å². The summed E-state index contributed by atoms with van der Waals surface area (Å²) >= 11 is 12.5. The third kappa shape index (κ3) is 3.60. The van der Waals surface area contributed by atoms with Gasteiger partial charge in [-0.15, -0.1) is 0 Å². The van der Waals surface area contributed by atoms with Crippen LogP contribution in [0.5, 0.6) is 0 Å². The second-order valence-electron chi connectivity index (χ2n) is 7.89. The minimum Gasteiger partial charge on any atom is -0.322 e. The molecule has 1 aromatic heterocycles. The number of H-pyrrole nitrogens is 1. The lowest BCUT2D eigenvalue weighted by Gasteiger charge is -2.27. The number of nitrogens with zero attached hydrogens (tertiary/aromatic N) is 2. The van der Waals surface area contributed by atoms with Gasteiger partial charge in [0.05, 0.1) is 11.7 Å². The molecule has 0 radical (unpaired) electrons. The van der Waals surface area contributed by atoms with Gasteiger partial charge in [0, 0.05) is 27.7 Å². The SMILES string of the molecule is CCc1ccc(C2c3c(-c4ccc(Cl)cc4)n[nH]c3C(=O)N2Cc2ccccc2Cl)cc1. The molecule has 0 saturated carbocycles. The third-order valence-corrected chi connectivity index (χ3v) is 6.60. The van der Waals surface area contributed by atoms with Crippen LogP contribution in [0.25, 0.3) is 11.3 Å². The first-order valence-corrected chi connectivity index (χ1v) is 11.3. The highest BCUT2D eigenvalue weighted by Gasteiger charge is 2.42. The number of aromatic nitrogens is 2. The van der Waals surface area contributed by atoms with Crippen molar-refractivity contribution in [2.45, 2.75) is 25.9 Å². The maximum Gasteiger partial charge on any atom is 0.273 e. The number of aryl methyl sites for hydroxylation is 1. The van der Waals surface area contributed by atoms with Crippen LogP contribution < -0.4 is 0 Å². The van der Waals surface area contributed by atoms with E-state index in [0.29, 0.717) is 22.3 Å². The lowest BCUT2D eigenvalue weighted by atomic mass is 9.95. The predicted molar refractivity (Wildman–Crippen MR) is 128 cm³/mol. The van der Waals surface area contributed by atoms with Crippen LogP contribution in [-0.4, -0.2) is 21.0 Å². The van der Waals surface area contributed by atoms with Crippen molar-refractivity contribution in [1.29, 1.82) is 0 Å². The fourth-order valence-corrected chi connectivity index (χ4v) is 4.60. The molecule has 1 atom stereocenters. The van der Waals surface area contributed by atoms with Crippen LogP contribution in [-0.2, 0) is 13.0 Å². The van der Waals surface area contributed by atoms with Gasteiger partial charge < -0.3 is 4.90 Å². The van der Waals surface area contributed by atoms with Crippen LogP contribution in [0.3, 0.4) is 0 Å². The molecule has 1 N–H and O–H groups in total. The molecule has 4 nitrogen and oxygen atoms in total. The van der Waals surface area contributed by atoms with Crippen molar-refractivity contribution in [1.82, 2.24) is 15.1 Å². The summed E-state index contributed by atoms with van der Waals surface area (Å²) in [5.41, 5.74) is 6.27. The van der Waals surface area contributed by atoms with Gasteiger partial charge in [0.25, 0.3) is 5.91 Å². The summed E-state index contributed by atoms with van der Waals surface area (Å²) < 4.78 is 0. The molecular formula is C26H21Cl2N3O. The average molecular weight is 462 g/mol. The zero-order chi connectivity index (χ0) is 22.2. The molecule has 5 rings (SSSR count). The number of carbonyl (C=O) groups excluding carboxylic acids is 1. The first-order chi connectivity index (χ1) is 15.6. The fraction of sp³-hybridized carbons (Fsp3) is 0.154. The molecule has 32 heavy (non-hydrogen) atoms. The van der Waals surface area contributed by atoms with Crippen molar-refractivity contribution < 1.29 is 4.79 Å². The molecule has 3 aromatic carbocycles. The lowest BCUT2D eigenvalue weighted by Crippen LogP contribution is -2.29. The number of aromatic amines is 1. The largest absolute Gasteiger partial charge is 0.322 e. The Labute approximate surface area is 196 Å². The molecule has 4 aromatic rings. The van der Waals surface area contributed by atoms with Crippen LogP contribution >= 0.6 is 23.2 Å². The van der Waals surface area contributed by atoms with Crippen molar-refractivity contribution >= 4 is 29.1 Å². The first-order valence-electron chi connectivity index (χ1n) is 10.5. The molecule has 0 saturated heterocycles. The smallest absolute Gasteiger partial charge is 0.273 e. The Morgan fingerprint density at radius 1 is 0.969 bits per heavy atom. The Hall–Kier alpha value is -3.08. The van der Waals surface area contributed by atoms with Gasteiger partial charge in [0.2, 0.25) is 0 Å². The van der Waals surface area contributed by atoms with E-state index in [2.05, 4.69) is 41.4 Å². The highest BCUT2D eigenvalue weighted by molar-refractivity contribution is 6.31. The molecule has 1 aliphatic heterocycles. The van der Waals surface area contributed by atoms with Gasteiger partial charge in [-0.3, -0.25) is 9.89 Å². The summed E-state index contributed by atoms with van der Waals surface area (Å²) in [4.78, 5) is 15.4. The number of hydrogen-bond donors (Lipinski definition) is 1. The summed E-state index contributed by atoms with van der Waals surface area (Å²) in [6, 6.07) is 23.3. The van der Waals surface area contributed by atoms with Crippen molar-refractivity contribution in [3.05, 3.63) is 111 Å². The molecule has 2 heterocycles. The van der Waals surface area contributed by atoms with Gasteiger partial charge >= 0.3 is 0 Å². The molecule has 1 aliphatic rings. The Kier molecular flexibility index (Phi) is 5.50. The summed E-state index contributed by atoms with van der Waals surface area (Å²) in [7, 11) is 0. The lowest BCUT2D eigenvalue weighted by molar-refractivity contribution is 0.0730. The quantitative estimate of drug-likeness (QED) is 0.359. The molecular weight excluding hydrogens is 441 g/mol. The van der Waals surface area contributed by atoms with E-state index in [1.54, 1.807) is 0 Å². The van der Waals surface area contributed by atoms with Crippen LogP contribution in [0.2, 0.25) is 10.0 Å². The van der Waals surface area contributed by atoms with E-state index in [0.717, 1.165) is 34.4 Å². The van der Waals surface area contributed by atoms with Gasteiger partial charge in [-0.25, -0.2) is 0 Å². The van der Waals surface area contributed by atoms with Crippen molar-refractivity contribution in [3.63, 3.8) is 0 Å². The van der Waals surface area contributed by atoms with E-state index in [1.807, 2.05) is 53.4 Å². The zero-order valence-corrected chi connectivity index (χ0v) is 19.0. The molecule has 1 unspecified atom stereocenters. The maximum atomic E-state index is 13.5. The Morgan fingerprint density at radius 2 is 1.69 bits per heavy atom. The fourth-order valence-electron chi connectivity index (χ4n) is 4.28. The highest BCUT2D eigenvalue weighted by atomic mass is 35.5. The summed E-state index contributed by atoms with van der Waals surface area (Å²) in [6.45, 7) is 2.53. The van der Waals surface area contributed by atoms with Crippen molar-refractivity contribution in [2.75, 3.05) is 0 Å². The number of amides is 1. The summed E-state index contributed by atoms with van der Waals surface area (Å²) in [5.74, 6) is -0.0859. The molecule has 0 fully saturated rings. The monoisotopic (exact) mass is 461 g/mol. The van der Waals surface area contributed by atoms with E-state index in [-0.39, 0.29) is 11.9 Å². The number of hydrogen-bond acceptors (Lipinski definition) is 2. The molecule has 1 amide bonds. The minimum atomic E-state index is -0.274. The van der Waals surface area contributed by atoms with Crippen molar-refractivity contribution in [2.24, 2.45) is 0 Å². The van der Waals surface area contributed by atoms with E-state index < -0.39 is 0 Å². The van der Waals surface area contributed by atoms with Gasteiger partial charge in [-0.1, -0.05) is 84.7 Å². The minimum absolute atomic E-state index is 0.0859. The molecule has 6 heteroatoms. The predicted octanol–water partition coefficient (Wildman–Crippen LogP) is 6.69. The van der Waals surface area contributed by atoms with Crippen molar-refractivity contribution in [3.8, 4) is 11.3 Å². The topological polar surface area (TPSA) is 49.0 Å². The Balaban J connectivity index is 1.64. The molecule has 0 aliphatic carbocycles. The highest BCUT2D eigenvalue weighted by Crippen LogP contribution is 2.44. The number of halogens is 2. The van der Waals surface area contributed by atoms with Gasteiger partial charge in [-0.2, -0.15) is 5.10 Å². The van der Waals surface area contributed by atoms with E-state index in [4.69, 9.17) is 23.2 Å². The van der Waals surface area contributed by atoms with Gasteiger partial charge in [-0.05, 0) is 41.3 Å². The number of carbonyl (C=O) groups is 1. The number of benzene rings is 3. The maximum absolute atomic E-state index is 13.5. The molecule has 160 valence electrons. The summed E-state index contributed by atoms with van der Waals surface area (Å²) in [5, 5.41) is 8.81. The van der Waals surface area contributed by atoms with Crippen LogP contribution in [0.4, 0.5) is 0 Å². The van der Waals surface area contributed by atoms with Crippen LogP contribution in [0, 0.1) is 0 Å². The average Bonchev–Trinajstić information content (AvgIpc) is 3.35. The Morgan fingerprint density at radius 3 is 2.38 bits per heavy atom. The van der Waals surface area contributed by atoms with E-state index >= 15 is 0 Å². The zero-order valence-electron chi connectivity index (χ0n) is 17.5. The standard InChI is InChI=1S/C26H21Cl2N3O/c1-2-16-7-9-18(10-8-16)25-22-23(17-11-13-20(27)14-12-17)29-30-24(22)26(32)31(25)15-19-5-3-4-6-21(19)28/h3-14,25H,2,15H2,1H3,(H,29,30). The summed E-state index contributed by atoms with van der Waals surface area (Å²) in [6.07, 6.45) is 0.959. The molecule has 0 bridgehead atoms.